The number of phenols is 2. The minimum atomic E-state index is -0.648. The van der Waals surface area contributed by atoms with E-state index in [0.29, 0.717) is 24.8 Å². The van der Waals surface area contributed by atoms with Gasteiger partial charge in [0.15, 0.2) is 11.5 Å². The van der Waals surface area contributed by atoms with Crippen LogP contribution in [0.5, 0.6) is 11.5 Å². The van der Waals surface area contributed by atoms with Crippen LogP contribution in [0.4, 0.5) is 0 Å². The highest BCUT2D eigenvalue weighted by atomic mass is 16.3. The van der Waals surface area contributed by atoms with Gasteiger partial charge in [0.25, 0.3) is 0 Å². The Morgan fingerprint density at radius 2 is 2.14 bits per heavy atom. The molecule has 1 aromatic rings. The van der Waals surface area contributed by atoms with Gasteiger partial charge < -0.3 is 21.3 Å². The molecule has 21 heavy (non-hydrogen) atoms. The van der Waals surface area contributed by atoms with Gasteiger partial charge in [-0.1, -0.05) is 25.8 Å². The topological polar surface area (TPSA) is 95.6 Å². The maximum atomic E-state index is 12.0. The third kappa shape index (κ3) is 4.11. The van der Waals surface area contributed by atoms with Gasteiger partial charge in [-0.3, -0.25) is 4.79 Å². The molecule has 0 spiro atoms. The molecule has 1 aliphatic carbocycles. The van der Waals surface area contributed by atoms with Gasteiger partial charge in [-0.25, -0.2) is 0 Å². The average molecular weight is 292 g/mol. The van der Waals surface area contributed by atoms with E-state index in [1.165, 1.54) is 31.4 Å². The number of hydrogen-bond acceptors (Lipinski definition) is 4. The molecule has 2 rings (SSSR count). The van der Waals surface area contributed by atoms with Crippen molar-refractivity contribution in [2.45, 2.75) is 38.6 Å². The van der Waals surface area contributed by atoms with Crippen LogP contribution >= 0.6 is 0 Å². The standard InChI is InChI=1S/C16H24N2O3/c1-10-3-2-4-12(10)9-18-16(21)13(17)7-11-5-6-14(19)15(20)8-11/h5-6,8,10,12-13,19-20H,2-4,7,9,17H2,1H3,(H,18,21)/t10?,12?,13-/m0/s1. The van der Waals surface area contributed by atoms with E-state index in [1.54, 1.807) is 6.07 Å². The number of amides is 1. The van der Waals surface area contributed by atoms with E-state index in [1.807, 2.05) is 0 Å². The van der Waals surface area contributed by atoms with Crippen LogP contribution in [0.3, 0.4) is 0 Å². The van der Waals surface area contributed by atoms with Crippen molar-refractivity contribution in [2.24, 2.45) is 17.6 Å². The second kappa shape index (κ2) is 6.80. The molecule has 5 N–H and O–H groups in total. The summed E-state index contributed by atoms with van der Waals surface area (Å²) in [5.41, 5.74) is 6.62. The first-order valence-electron chi connectivity index (χ1n) is 7.51. The zero-order valence-corrected chi connectivity index (χ0v) is 12.4. The third-order valence-corrected chi connectivity index (χ3v) is 4.41. The number of nitrogens with one attached hydrogen (secondary N) is 1. The van der Waals surface area contributed by atoms with Gasteiger partial charge in [-0.05, 0) is 42.4 Å². The van der Waals surface area contributed by atoms with Crippen molar-refractivity contribution in [3.8, 4) is 11.5 Å². The lowest BCUT2D eigenvalue weighted by molar-refractivity contribution is -0.122. The van der Waals surface area contributed by atoms with E-state index in [4.69, 9.17) is 5.73 Å². The van der Waals surface area contributed by atoms with Crippen LogP contribution in [0.2, 0.25) is 0 Å². The van der Waals surface area contributed by atoms with E-state index in [-0.39, 0.29) is 17.4 Å². The second-order valence-corrected chi connectivity index (χ2v) is 6.05. The van der Waals surface area contributed by atoms with Crippen molar-refractivity contribution in [1.82, 2.24) is 5.32 Å². The minimum Gasteiger partial charge on any atom is -0.504 e. The van der Waals surface area contributed by atoms with Crippen molar-refractivity contribution in [2.75, 3.05) is 6.54 Å². The summed E-state index contributed by atoms with van der Waals surface area (Å²) in [5.74, 6) is 0.683. The van der Waals surface area contributed by atoms with Gasteiger partial charge >= 0.3 is 0 Å². The van der Waals surface area contributed by atoms with E-state index in [0.717, 1.165) is 5.56 Å². The van der Waals surface area contributed by atoms with Crippen LogP contribution in [-0.2, 0) is 11.2 Å². The van der Waals surface area contributed by atoms with Gasteiger partial charge in [0, 0.05) is 6.54 Å². The van der Waals surface area contributed by atoms with Crippen LogP contribution in [0.1, 0.15) is 31.7 Å². The van der Waals surface area contributed by atoms with Crippen molar-refractivity contribution < 1.29 is 15.0 Å². The maximum Gasteiger partial charge on any atom is 0.237 e. The van der Waals surface area contributed by atoms with Crippen LogP contribution in [0.15, 0.2) is 18.2 Å². The molecule has 5 heteroatoms. The zero-order chi connectivity index (χ0) is 15.4. The molecule has 1 amide bonds. The number of rotatable bonds is 5. The monoisotopic (exact) mass is 292 g/mol. The zero-order valence-electron chi connectivity index (χ0n) is 12.4. The predicted molar refractivity (Wildman–Crippen MR) is 81.0 cm³/mol. The number of nitrogens with two attached hydrogens (primary N) is 1. The molecule has 0 aliphatic heterocycles. The lowest BCUT2D eigenvalue weighted by Crippen LogP contribution is -2.43. The Morgan fingerprint density at radius 3 is 2.76 bits per heavy atom. The molecule has 0 radical (unpaired) electrons. The summed E-state index contributed by atoms with van der Waals surface area (Å²) < 4.78 is 0. The number of aromatic hydroxyl groups is 2. The molecule has 116 valence electrons. The lowest BCUT2D eigenvalue weighted by Gasteiger charge is -2.18. The quantitative estimate of drug-likeness (QED) is 0.619. The highest BCUT2D eigenvalue weighted by Gasteiger charge is 2.24. The Labute approximate surface area is 125 Å². The molecule has 0 aromatic heterocycles. The Bertz CT molecular complexity index is 504. The molecule has 3 atom stereocenters. The van der Waals surface area contributed by atoms with Crippen LogP contribution < -0.4 is 11.1 Å². The highest BCUT2D eigenvalue weighted by molar-refractivity contribution is 5.81. The molecular formula is C16H24N2O3. The Morgan fingerprint density at radius 1 is 1.38 bits per heavy atom. The van der Waals surface area contributed by atoms with Crippen molar-refractivity contribution in [3.05, 3.63) is 23.8 Å². The molecule has 1 aliphatic rings. The molecule has 0 heterocycles. The predicted octanol–water partition coefficient (Wildman–Crippen LogP) is 1.52. The Kier molecular flexibility index (Phi) is 5.07. The van der Waals surface area contributed by atoms with Gasteiger partial charge in [-0.15, -0.1) is 0 Å². The summed E-state index contributed by atoms with van der Waals surface area (Å²) in [5, 5.41) is 21.6. The maximum absolute atomic E-state index is 12.0. The lowest BCUT2D eigenvalue weighted by atomic mass is 9.98. The summed E-state index contributed by atoms with van der Waals surface area (Å²) in [6, 6.07) is 3.84. The fourth-order valence-electron chi connectivity index (χ4n) is 2.93. The molecule has 5 nitrogen and oxygen atoms in total. The first kappa shape index (κ1) is 15.6. The molecule has 0 bridgehead atoms. The van der Waals surface area contributed by atoms with Crippen LogP contribution in [0, 0.1) is 11.8 Å². The van der Waals surface area contributed by atoms with Crippen molar-refractivity contribution in [3.63, 3.8) is 0 Å². The number of carbonyl (C=O) groups is 1. The minimum absolute atomic E-state index is 0.165. The fraction of sp³-hybridized carbons (Fsp3) is 0.562. The van der Waals surface area contributed by atoms with Gasteiger partial charge in [0.1, 0.15) is 0 Å². The smallest absolute Gasteiger partial charge is 0.237 e. The normalized spacial score (nSPS) is 23.0. The van der Waals surface area contributed by atoms with E-state index in [9.17, 15) is 15.0 Å². The summed E-state index contributed by atoms with van der Waals surface area (Å²) >= 11 is 0. The number of hydrogen-bond donors (Lipinski definition) is 4. The van der Waals surface area contributed by atoms with E-state index in [2.05, 4.69) is 12.2 Å². The number of carbonyl (C=O) groups excluding carboxylic acids is 1. The highest BCUT2D eigenvalue weighted by Crippen LogP contribution is 2.30. The summed E-state index contributed by atoms with van der Waals surface area (Å²) in [6.45, 7) is 2.91. The molecule has 1 aromatic carbocycles. The molecule has 1 fully saturated rings. The van der Waals surface area contributed by atoms with E-state index < -0.39 is 6.04 Å². The van der Waals surface area contributed by atoms with Gasteiger partial charge in [0.2, 0.25) is 5.91 Å². The SMILES string of the molecule is CC1CCCC1CNC(=O)[C@@H](N)Cc1ccc(O)c(O)c1. The number of benzene rings is 1. The van der Waals surface area contributed by atoms with Gasteiger partial charge in [0.05, 0.1) is 6.04 Å². The first-order valence-corrected chi connectivity index (χ1v) is 7.51. The Balaban J connectivity index is 1.83. The summed E-state index contributed by atoms with van der Waals surface area (Å²) in [7, 11) is 0. The average Bonchev–Trinajstić information content (AvgIpc) is 2.85. The van der Waals surface area contributed by atoms with Gasteiger partial charge in [-0.2, -0.15) is 0 Å². The number of phenolic OH excluding ortho intramolecular Hbond substituents is 2. The molecule has 0 saturated heterocycles. The third-order valence-electron chi connectivity index (χ3n) is 4.41. The van der Waals surface area contributed by atoms with Crippen LogP contribution in [0.25, 0.3) is 0 Å². The largest absolute Gasteiger partial charge is 0.504 e. The molecular weight excluding hydrogens is 268 g/mol. The first-order chi connectivity index (χ1) is 9.97. The molecule has 1 saturated carbocycles. The molecule has 2 unspecified atom stereocenters. The van der Waals surface area contributed by atoms with Crippen LogP contribution in [-0.4, -0.2) is 28.7 Å². The fourth-order valence-corrected chi connectivity index (χ4v) is 2.93. The van der Waals surface area contributed by atoms with E-state index >= 15 is 0 Å². The summed E-state index contributed by atoms with van der Waals surface area (Å²) in [6.07, 6.45) is 3.97. The van der Waals surface area contributed by atoms with Crippen molar-refractivity contribution in [1.29, 1.82) is 0 Å². The van der Waals surface area contributed by atoms with Crippen molar-refractivity contribution >= 4 is 5.91 Å². The Hall–Kier alpha value is -1.75. The second-order valence-electron chi connectivity index (χ2n) is 6.05. The summed E-state index contributed by atoms with van der Waals surface area (Å²) in [4.78, 5) is 12.0.